The van der Waals surface area contributed by atoms with Crippen molar-refractivity contribution >= 4 is 57.4 Å². The van der Waals surface area contributed by atoms with E-state index in [1.54, 1.807) is 33.4 Å². The van der Waals surface area contributed by atoms with E-state index in [4.69, 9.17) is 46.4 Å². The van der Waals surface area contributed by atoms with Crippen molar-refractivity contribution in [3.63, 3.8) is 0 Å². The summed E-state index contributed by atoms with van der Waals surface area (Å²) < 4.78 is 3.35. The molecule has 0 aliphatic rings. The van der Waals surface area contributed by atoms with Crippen molar-refractivity contribution in [1.82, 2.24) is 19.1 Å². The van der Waals surface area contributed by atoms with Crippen LogP contribution < -0.4 is 5.69 Å². The van der Waals surface area contributed by atoms with Gasteiger partial charge in [0, 0.05) is 34.9 Å². The molecule has 2 aromatic carbocycles. The number of H-pyrrole nitrogens is 1. The predicted molar refractivity (Wildman–Crippen MR) is 119 cm³/mol. The van der Waals surface area contributed by atoms with E-state index >= 15 is 0 Å². The van der Waals surface area contributed by atoms with Crippen molar-refractivity contribution in [2.24, 2.45) is 0 Å². The molecule has 2 heterocycles. The molecule has 0 saturated heterocycles. The molecular formula is C20H16Cl4N4O. The van der Waals surface area contributed by atoms with Gasteiger partial charge in [-0.3, -0.25) is 9.13 Å². The summed E-state index contributed by atoms with van der Waals surface area (Å²) in [7, 11) is 0. The summed E-state index contributed by atoms with van der Waals surface area (Å²) >= 11 is 24.4. The molecule has 0 aliphatic carbocycles. The summed E-state index contributed by atoms with van der Waals surface area (Å²) in [6.45, 7) is 2.79. The normalized spacial score (nSPS) is 11.5. The fraction of sp³-hybridized carbons (Fsp3) is 0.200. The number of hydrogen-bond acceptors (Lipinski definition) is 2. The van der Waals surface area contributed by atoms with E-state index < -0.39 is 0 Å². The van der Waals surface area contributed by atoms with Crippen LogP contribution in [0.1, 0.15) is 24.0 Å². The predicted octanol–water partition coefficient (Wildman–Crippen LogP) is 5.80. The van der Waals surface area contributed by atoms with Crippen molar-refractivity contribution in [3.05, 3.63) is 84.2 Å². The second kappa shape index (κ2) is 8.07. The van der Waals surface area contributed by atoms with E-state index in [0.717, 1.165) is 16.8 Å². The lowest BCUT2D eigenvalue weighted by Crippen LogP contribution is -2.25. The Hall–Kier alpha value is -1.92. The summed E-state index contributed by atoms with van der Waals surface area (Å²) in [6, 6.07) is 8.80. The molecule has 1 N–H and O–H groups in total. The van der Waals surface area contributed by atoms with Gasteiger partial charge in [-0.2, -0.15) is 0 Å². The van der Waals surface area contributed by atoms with E-state index in [2.05, 4.69) is 9.97 Å². The first-order valence-corrected chi connectivity index (χ1v) is 10.4. The highest BCUT2D eigenvalue weighted by Crippen LogP contribution is 2.27. The first-order valence-electron chi connectivity index (χ1n) is 8.92. The number of nitrogens with one attached hydrogen (secondary N) is 1. The average Bonchev–Trinajstić information content (AvgIpc) is 3.18. The zero-order chi connectivity index (χ0) is 20.7. The van der Waals surface area contributed by atoms with E-state index in [-0.39, 0.29) is 5.69 Å². The second-order valence-corrected chi connectivity index (χ2v) is 8.31. The largest absolute Gasteiger partial charge is 0.340 e. The van der Waals surface area contributed by atoms with Gasteiger partial charge in [0.05, 0.1) is 27.6 Å². The van der Waals surface area contributed by atoms with Crippen LogP contribution in [-0.4, -0.2) is 19.1 Å². The number of hydrogen-bond donors (Lipinski definition) is 1. The molecule has 0 fully saturated rings. The Balaban J connectivity index is 1.67. The van der Waals surface area contributed by atoms with Crippen molar-refractivity contribution < 1.29 is 0 Å². The van der Waals surface area contributed by atoms with Crippen LogP contribution in [0, 0.1) is 0 Å². The number of imidazole rings is 2. The zero-order valence-electron chi connectivity index (χ0n) is 15.3. The van der Waals surface area contributed by atoms with Crippen LogP contribution in [0.2, 0.25) is 20.1 Å². The lowest BCUT2D eigenvalue weighted by atomic mass is 10.1. The molecule has 0 unspecified atom stereocenters. The summed E-state index contributed by atoms with van der Waals surface area (Å²) in [4.78, 5) is 20.6. The maximum absolute atomic E-state index is 12.9. The fourth-order valence-electron chi connectivity index (χ4n) is 3.33. The molecule has 2 aromatic heterocycles. The maximum atomic E-state index is 12.9. The Bertz CT molecular complexity index is 1230. The van der Waals surface area contributed by atoms with Crippen LogP contribution in [0.5, 0.6) is 0 Å². The highest BCUT2D eigenvalue weighted by atomic mass is 35.5. The van der Waals surface area contributed by atoms with Crippen LogP contribution >= 0.6 is 46.4 Å². The number of benzene rings is 2. The lowest BCUT2D eigenvalue weighted by Gasteiger charge is -2.06. The van der Waals surface area contributed by atoms with Crippen LogP contribution in [0.25, 0.3) is 11.0 Å². The zero-order valence-corrected chi connectivity index (χ0v) is 18.4. The third-order valence-corrected chi connectivity index (χ3v) is 6.03. The minimum absolute atomic E-state index is 0.107. The molecule has 29 heavy (non-hydrogen) atoms. The van der Waals surface area contributed by atoms with Crippen LogP contribution in [0.3, 0.4) is 0 Å². The van der Waals surface area contributed by atoms with E-state index in [0.29, 0.717) is 50.9 Å². The molecule has 0 amide bonds. The molecule has 4 rings (SSSR count). The van der Waals surface area contributed by atoms with Gasteiger partial charge < -0.3 is 4.98 Å². The van der Waals surface area contributed by atoms with Gasteiger partial charge in [0.25, 0.3) is 0 Å². The molecule has 150 valence electrons. The Kier molecular flexibility index (Phi) is 5.67. The molecule has 0 saturated carbocycles. The molecule has 5 nitrogen and oxygen atoms in total. The molecule has 9 heteroatoms. The van der Waals surface area contributed by atoms with Gasteiger partial charge >= 0.3 is 5.69 Å². The number of nitrogens with zero attached hydrogens (tertiary/aromatic N) is 3. The van der Waals surface area contributed by atoms with Gasteiger partial charge in [-0.05, 0) is 36.8 Å². The van der Waals surface area contributed by atoms with Crippen molar-refractivity contribution in [3.8, 4) is 0 Å². The Morgan fingerprint density at radius 2 is 1.79 bits per heavy atom. The van der Waals surface area contributed by atoms with Crippen molar-refractivity contribution in [2.45, 2.75) is 26.4 Å². The lowest BCUT2D eigenvalue weighted by molar-refractivity contribution is 0.646. The van der Waals surface area contributed by atoms with E-state index in [1.807, 2.05) is 19.2 Å². The minimum Gasteiger partial charge on any atom is -0.340 e. The summed E-state index contributed by atoms with van der Waals surface area (Å²) in [5, 5.41) is 2.04. The quantitative estimate of drug-likeness (QED) is 0.401. The molecule has 0 aliphatic heterocycles. The third-order valence-electron chi connectivity index (χ3n) is 4.72. The molecule has 0 spiro atoms. The van der Waals surface area contributed by atoms with Crippen LogP contribution in [-0.2, 0) is 19.5 Å². The van der Waals surface area contributed by atoms with Gasteiger partial charge in [-0.25, -0.2) is 9.78 Å². The molecule has 0 atom stereocenters. The highest BCUT2D eigenvalue weighted by Gasteiger charge is 2.14. The topological polar surface area (TPSA) is 55.6 Å². The summed E-state index contributed by atoms with van der Waals surface area (Å²) in [6.07, 6.45) is 2.36. The highest BCUT2D eigenvalue weighted by molar-refractivity contribution is 6.42. The fourth-order valence-corrected chi connectivity index (χ4v) is 4.13. The maximum Gasteiger partial charge on any atom is 0.328 e. The minimum atomic E-state index is -0.107. The van der Waals surface area contributed by atoms with Gasteiger partial charge in [0.2, 0.25) is 0 Å². The smallest absolute Gasteiger partial charge is 0.328 e. The number of fused-ring (bicyclic) bond motifs is 1. The SMILES string of the molecule is CCn1c(Cc2ccc(Cl)cc2Cl)cn(Cc2nc3cc(Cl)c(Cl)cc3[nH]2)c1=O. The van der Waals surface area contributed by atoms with Gasteiger partial charge in [0.15, 0.2) is 0 Å². The molecule has 0 bridgehead atoms. The summed E-state index contributed by atoms with van der Waals surface area (Å²) in [5.41, 5.74) is 3.13. The third kappa shape index (κ3) is 4.05. The number of aromatic nitrogens is 4. The van der Waals surface area contributed by atoms with Gasteiger partial charge in [-0.1, -0.05) is 52.5 Å². The second-order valence-electron chi connectivity index (χ2n) is 6.65. The summed E-state index contributed by atoms with van der Waals surface area (Å²) in [5.74, 6) is 0.643. The van der Waals surface area contributed by atoms with Crippen LogP contribution in [0.4, 0.5) is 0 Å². The number of rotatable bonds is 5. The molecular weight excluding hydrogens is 454 g/mol. The standard InChI is InChI=1S/C20H16Cl4N4O/c1-2-28-13(5-11-3-4-12(21)6-14(11)22)9-27(20(28)29)10-19-25-17-7-15(23)16(24)8-18(17)26-19/h3-4,6-9H,2,5,10H2,1H3,(H,25,26). The van der Waals surface area contributed by atoms with Gasteiger partial charge in [0.1, 0.15) is 5.82 Å². The first-order chi connectivity index (χ1) is 13.9. The van der Waals surface area contributed by atoms with E-state index in [9.17, 15) is 4.79 Å². The molecule has 0 radical (unpaired) electrons. The number of aromatic amines is 1. The van der Waals surface area contributed by atoms with Gasteiger partial charge in [-0.15, -0.1) is 0 Å². The Morgan fingerprint density at radius 3 is 2.52 bits per heavy atom. The first kappa shape index (κ1) is 20.4. The Labute approximate surface area is 186 Å². The van der Waals surface area contributed by atoms with Crippen LogP contribution in [0.15, 0.2) is 41.3 Å². The monoisotopic (exact) mass is 468 g/mol. The number of halogens is 4. The van der Waals surface area contributed by atoms with Crippen molar-refractivity contribution in [1.29, 1.82) is 0 Å². The van der Waals surface area contributed by atoms with Crippen molar-refractivity contribution in [2.75, 3.05) is 0 Å². The molecule has 4 aromatic rings. The van der Waals surface area contributed by atoms with E-state index in [1.165, 1.54) is 0 Å². The average molecular weight is 470 g/mol. The Morgan fingerprint density at radius 1 is 1.03 bits per heavy atom.